The Bertz CT molecular complexity index is 429. The van der Waals surface area contributed by atoms with Crippen LogP contribution >= 0.6 is 0 Å². The molecule has 1 nitrogen and oxygen atoms in total. The van der Waals surface area contributed by atoms with Gasteiger partial charge in [0.05, 0.1) is 0 Å². The van der Waals surface area contributed by atoms with E-state index in [1.54, 1.807) is 0 Å². The molecule has 2 aromatic rings. The van der Waals surface area contributed by atoms with E-state index in [2.05, 4.69) is 42.9 Å². The zero-order valence-corrected chi connectivity index (χ0v) is 11.8. The summed E-state index contributed by atoms with van der Waals surface area (Å²) in [6.45, 7) is 2.17. The van der Waals surface area contributed by atoms with Gasteiger partial charge in [0.1, 0.15) is 0 Å². The molecule has 1 heterocycles. The predicted octanol–water partition coefficient (Wildman–Crippen LogP) is 0.745. The number of hydrogen-bond acceptors (Lipinski definition) is 0. The van der Waals surface area contributed by atoms with Crippen LogP contribution in [0.3, 0.4) is 0 Å². The van der Waals surface area contributed by atoms with E-state index in [0.717, 1.165) is 24.7 Å². The van der Waals surface area contributed by atoms with E-state index in [9.17, 15) is 0 Å². The Hall–Kier alpha value is -0.357. The molecule has 0 amide bonds. The maximum absolute atomic E-state index is 2.31. The predicted molar refractivity (Wildman–Crippen MR) is 55.8 cm³/mol. The van der Waals surface area contributed by atoms with Gasteiger partial charge in [-0.2, -0.15) is 0 Å². The van der Waals surface area contributed by atoms with Gasteiger partial charge in [-0.15, -0.1) is 0 Å². The molecular weight excluding hydrogens is 343 g/mol. The van der Waals surface area contributed by atoms with Crippen molar-refractivity contribution in [3.63, 3.8) is 0 Å². The Kier molecular flexibility index (Phi) is 1.96. The summed E-state index contributed by atoms with van der Waals surface area (Å²) in [5, 5.41) is 1.41. The fourth-order valence-corrected chi connectivity index (χ4v) is 2.63. The van der Waals surface area contributed by atoms with Crippen LogP contribution in [0.5, 0.6) is 0 Å². The number of benzene rings is 1. The molecule has 62 valence electrons. The summed E-state index contributed by atoms with van der Waals surface area (Å²) in [5.41, 5.74) is 2.73. The Labute approximate surface area is 87.2 Å². The third-order valence-electron chi connectivity index (χ3n) is 2.21. The van der Waals surface area contributed by atoms with Gasteiger partial charge >= 0.3 is 87.4 Å². The van der Waals surface area contributed by atoms with Crippen molar-refractivity contribution in [2.24, 2.45) is 7.05 Å². The molecule has 0 aliphatic carbocycles. The van der Waals surface area contributed by atoms with E-state index in [1.165, 1.54) is 19.7 Å². The molecule has 0 radical (unpaired) electrons. The van der Waals surface area contributed by atoms with Crippen LogP contribution in [0.2, 0.25) is 0 Å². The molecule has 0 unspecified atom stereocenters. The number of aryl methyl sites for hydroxylation is 2. The summed E-state index contributed by atoms with van der Waals surface area (Å²) in [7, 11) is 2.10. The van der Waals surface area contributed by atoms with Gasteiger partial charge in [0.2, 0.25) is 0 Å². The van der Waals surface area contributed by atoms with E-state index < -0.39 is 0 Å². The minimum absolute atomic E-state index is 0.944. The van der Waals surface area contributed by atoms with Gasteiger partial charge in [0.15, 0.2) is 0 Å². The van der Waals surface area contributed by atoms with Crippen molar-refractivity contribution in [1.82, 2.24) is 4.57 Å². The molecule has 0 fully saturated rings. The molecule has 0 spiro atoms. The summed E-state index contributed by atoms with van der Waals surface area (Å²) in [5.74, 6) is 0. The molecule has 2 heteroatoms. The summed E-state index contributed by atoms with van der Waals surface area (Å²) in [4.78, 5) is 0. The van der Waals surface area contributed by atoms with Crippen LogP contribution < -0.4 is 3.27 Å². The number of aromatic nitrogens is 1. The first-order valence-electron chi connectivity index (χ1n) is 3.99. The van der Waals surface area contributed by atoms with E-state index in [0.29, 0.717) is 0 Å². The molecule has 0 aliphatic rings. The average Bonchev–Trinajstić information content (AvgIpc) is 2.28. The van der Waals surface area contributed by atoms with E-state index in [-0.39, 0.29) is 0 Å². The van der Waals surface area contributed by atoms with Crippen molar-refractivity contribution in [2.75, 3.05) is 0 Å². The number of fused-ring (bicyclic) bond motifs is 1. The zero-order valence-electron chi connectivity index (χ0n) is 7.33. The Morgan fingerprint density at radius 2 is 2.08 bits per heavy atom. The third kappa shape index (κ3) is 1.19. The first-order valence-corrected chi connectivity index (χ1v) is 6.24. The summed E-state index contributed by atoms with van der Waals surface area (Å²) >= 11 is 0.944. The van der Waals surface area contributed by atoms with Crippen LogP contribution in [0.1, 0.15) is 5.56 Å². The fraction of sp³-hybridized carbons (Fsp3) is 0.200. The van der Waals surface area contributed by atoms with Gasteiger partial charge in [-0.25, -0.2) is 0 Å². The van der Waals surface area contributed by atoms with Crippen molar-refractivity contribution in [3.05, 3.63) is 30.0 Å². The van der Waals surface area contributed by atoms with Crippen LogP contribution in [-0.4, -0.2) is 29.3 Å². The standard InChI is InChI=1S/C10H10N.Bi.2H/c1-8-7-11(2)10-6-4-3-5-9(8)10;;;/h4-7H,1-2H3;;;. The van der Waals surface area contributed by atoms with Crippen LogP contribution in [0.15, 0.2) is 24.4 Å². The maximum atomic E-state index is 2.31. The number of hydrogen-bond donors (Lipinski definition) is 0. The third-order valence-corrected chi connectivity index (χ3v) is 3.61. The fourth-order valence-electron chi connectivity index (χ4n) is 1.61. The molecule has 0 bridgehead atoms. The van der Waals surface area contributed by atoms with Crippen LogP contribution in [0.25, 0.3) is 10.9 Å². The van der Waals surface area contributed by atoms with Gasteiger partial charge in [-0.3, -0.25) is 0 Å². The summed E-state index contributed by atoms with van der Waals surface area (Å²) in [6, 6.07) is 6.76. The monoisotopic (exact) mass is 355 g/mol. The zero-order chi connectivity index (χ0) is 8.72. The normalized spacial score (nSPS) is 10.9. The summed E-state index contributed by atoms with van der Waals surface area (Å²) < 4.78 is 3.69. The molecule has 0 saturated heterocycles. The van der Waals surface area contributed by atoms with Crippen molar-refractivity contribution in [3.8, 4) is 0 Å². The number of rotatable bonds is 0. The minimum atomic E-state index is 0.944. The second-order valence-electron chi connectivity index (χ2n) is 3.20. The molecule has 1 aromatic carbocycles. The molecule has 12 heavy (non-hydrogen) atoms. The molecule has 1 aromatic heterocycles. The van der Waals surface area contributed by atoms with E-state index in [4.69, 9.17) is 0 Å². The Balaban J connectivity index is 2.90. The van der Waals surface area contributed by atoms with Crippen molar-refractivity contribution >= 4 is 38.9 Å². The van der Waals surface area contributed by atoms with Gasteiger partial charge < -0.3 is 0 Å². The van der Waals surface area contributed by atoms with Gasteiger partial charge in [-0.1, -0.05) is 0 Å². The van der Waals surface area contributed by atoms with Gasteiger partial charge in [-0.05, 0) is 0 Å². The number of nitrogens with zero attached hydrogens (tertiary/aromatic N) is 1. The molecule has 2 rings (SSSR count). The SMILES string of the molecule is Cc1cn(C)c2cc[c]([BiH2])cc12. The van der Waals surface area contributed by atoms with Gasteiger partial charge in [0.25, 0.3) is 0 Å². The Morgan fingerprint density at radius 3 is 2.83 bits per heavy atom. The van der Waals surface area contributed by atoms with Gasteiger partial charge in [0, 0.05) is 0 Å². The molecule has 0 atom stereocenters. The average molecular weight is 355 g/mol. The van der Waals surface area contributed by atoms with Crippen molar-refractivity contribution < 1.29 is 0 Å². The molecule has 0 saturated carbocycles. The van der Waals surface area contributed by atoms with E-state index >= 15 is 0 Å². The first kappa shape index (κ1) is 8.25. The topological polar surface area (TPSA) is 4.93 Å². The molecule has 0 N–H and O–H groups in total. The molecule has 0 aliphatic heterocycles. The van der Waals surface area contributed by atoms with Crippen molar-refractivity contribution in [1.29, 1.82) is 0 Å². The van der Waals surface area contributed by atoms with E-state index in [1.807, 2.05) is 0 Å². The van der Waals surface area contributed by atoms with Crippen molar-refractivity contribution in [2.45, 2.75) is 6.92 Å². The first-order chi connectivity index (χ1) is 5.68. The van der Waals surface area contributed by atoms with Crippen LogP contribution in [-0.2, 0) is 7.05 Å². The van der Waals surface area contributed by atoms with Crippen LogP contribution in [0.4, 0.5) is 0 Å². The van der Waals surface area contributed by atoms with Crippen LogP contribution in [0, 0.1) is 6.92 Å². The second kappa shape index (κ2) is 2.85. The Morgan fingerprint density at radius 1 is 1.33 bits per heavy atom. The second-order valence-corrected chi connectivity index (χ2v) is 5.79. The molecular formula is C10H12BiN. The quantitative estimate of drug-likeness (QED) is 0.615. The summed E-state index contributed by atoms with van der Waals surface area (Å²) in [6.07, 6.45) is 2.19.